The molecule has 2 aliphatic rings. The fourth-order valence-corrected chi connectivity index (χ4v) is 5.85. The van der Waals surface area contributed by atoms with E-state index in [1.165, 1.54) is 12.1 Å². The lowest BCUT2D eigenvalue weighted by atomic mass is 10.0. The van der Waals surface area contributed by atoms with Crippen molar-refractivity contribution in [3.8, 4) is 0 Å². The number of likely N-dealkylation sites (tertiary alicyclic amines) is 1. The standard InChI is InChI=1S/C29H31Cl2F2N5O.H2/c30-23-3-1-2-20(14-23)17-35-29(39)22-15-26(31)28(34-18-22)38-12-10-37(11-13-38)25-6-8-36(9-7-25)19-21-4-5-24(32)16-27(21)33;/h1-5,14-16,18,25H,6-13,17,19H2,(H,35,39);1H. The molecule has 0 radical (unpaired) electrons. The minimum atomic E-state index is -0.544. The summed E-state index contributed by atoms with van der Waals surface area (Å²) in [4.78, 5) is 24.1. The van der Waals surface area contributed by atoms with Crippen molar-refractivity contribution in [3.63, 3.8) is 0 Å². The van der Waals surface area contributed by atoms with Crippen LogP contribution in [0.25, 0.3) is 0 Å². The molecule has 2 aromatic carbocycles. The molecule has 5 rings (SSSR count). The highest BCUT2D eigenvalue weighted by Gasteiger charge is 2.29. The lowest BCUT2D eigenvalue weighted by molar-refractivity contribution is 0.0950. The first kappa shape index (κ1) is 27.8. The Kier molecular flexibility index (Phi) is 8.97. The number of aromatic nitrogens is 1. The van der Waals surface area contributed by atoms with Gasteiger partial charge in [-0.1, -0.05) is 41.4 Å². The fourth-order valence-electron chi connectivity index (χ4n) is 5.35. The molecule has 3 heterocycles. The predicted molar refractivity (Wildman–Crippen MR) is 152 cm³/mol. The molecule has 0 atom stereocenters. The first-order chi connectivity index (χ1) is 18.9. The van der Waals surface area contributed by atoms with E-state index in [0.717, 1.165) is 63.7 Å². The van der Waals surface area contributed by atoms with Gasteiger partial charge in [-0.15, -0.1) is 0 Å². The number of rotatable bonds is 7. The van der Waals surface area contributed by atoms with E-state index in [-0.39, 0.29) is 7.33 Å². The van der Waals surface area contributed by atoms with Crippen LogP contribution in [0.5, 0.6) is 0 Å². The average molecular weight is 577 g/mol. The maximum atomic E-state index is 14.0. The van der Waals surface area contributed by atoms with Gasteiger partial charge in [-0.2, -0.15) is 0 Å². The van der Waals surface area contributed by atoms with Crippen molar-refractivity contribution in [2.24, 2.45) is 0 Å². The SMILES string of the molecule is O=C(NCc1cccc(Cl)c1)c1cnc(N2CCN(C3CCN(Cc4ccc(F)cc4F)CC3)CC2)c(Cl)c1.[HH]. The number of piperazine rings is 1. The second-order valence-corrected chi connectivity index (χ2v) is 11.0. The second-order valence-electron chi connectivity index (χ2n) is 10.1. The summed E-state index contributed by atoms with van der Waals surface area (Å²) in [7, 11) is 0. The highest BCUT2D eigenvalue weighted by atomic mass is 35.5. The zero-order valence-corrected chi connectivity index (χ0v) is 23.1. The number of carbonyl (C=O) groups excluding carboxylic acids is 1. The van der Waals surface area contributed by atoms with Gasteiger partial charge in [0.2, 0.25) is 0 Å². The van der Waals surface area contributed by atoms with Gasteiger partial charge in [-0.05, 0) is 55.8 Å². The summed E-state index contributed by atoms with van der Waals surface area (Å²) in [6.45, 7) is 6.04. The lowest BCUT2D eigenvalue weighted by Gasteiger charge is -2.43. The molecule has 2 aliphatic heterocycles. The van der Waals surface area contributed by atoms with E-state index >= 15 is 0 Å². The van der Waals surface area contributed by atoms with Crippen LogP contribution in [0.15, 0.2) is 54.7 Å². The number of benzene rings is 2. The molecule has 0 spiro atoms. The van der Waals surface area contributed by atoms with E-state index in [1.54, 1.807) is 18.3 Å². The molecule has 1 aromatic heterocycles. The van der Waals surface area contributed by atoms with Crippen LogP contribution < -0.4 is 10.2 Å². The maximum absolute atomic E-state index is 14.0. The van der Waals surface area contributed by atoms with E-state index in [4.69, 9.17) is 23.2 Å². The van der Waals surface area contributed by atoms with E-state index in [0.29, 0.717) is 46.1 Å². The third kappa shape index (κ3) is 7.06. The molecule has 0 saturated carbocycles. The Hall–Kier alpha value is -2.78. The van der Waals surface area contributed by atoms with Crippen LogP contribution in [0.3, 0.4) is 0 Å². The molecule has 10 heteroatoms. The van der Waals surface area contributed by atoms with Gasteiger partial charge in [0.15, 0.2) is 0 Å². The van der Waals surface area contributed by atoms with Gasteiger partial charge in [-0.3, -0.25) is 14.6 Å². The van der Waals surface area contributed by atoms with Crippen LogP contribution >= 0.6 is 23.2 Å². The summed E-state index contributed by atoms with van der Waals surface area (Å²) in [5, 5.41) is 3.96. The Bertz CT molecular complexity index is 1320. The first-order valence-electron chi connectivity index (χ1n) is 13.2. The summed E-state index contributed by atoms with van der Waals surface area (Å²) in [5.41, 5.74) is 1.87. The number of nitrogens with zero attached hydrogens (tertiary/aromatic N) is 4. The molecule has 2 fully saturated rings. The van der Waals surface area contributed by atoms with Gasteiger partial charge in [0.05, 0.1) is 10.6 Å². The molecular formula is C29H33Cl2F2N5O. The van der Waals surface area contributed by atoms with Gasteiger partial charge in [0, 0.05) is 69.6 Å². The predicted octanol–water partition coefficient (Wildman–Crippen LogP) is 5.63. The summed E-state index contributed by atoms with van der Waals surface area (Å²) < 4.78 is 27.2. The molecule has 39 heavy (non-hydrogen) atoms. The van der Waals surface area contributed by atoms with Gasteiger partial charge < -0.3 is 10.2 Å². The number of nitrogens with one attached hydrogen (secondary N) is 1. The van der Waals surface area contributed by atoms with E-state index in [1.807, 2.05) is 18.2 Å². The van der Waals surface area contributed by atoms with E-state index < -0.39 is 11.6 Å². The molecule has 0 aliphatic carbocycles. The van der Waals surface area contributed by atoms with Crippen LogP contribution in [-0.2, 0) is 13.1 Å². The average Bonchev–Trinajstić information content (AvgIpc) is 2.94. The van der Waals surface area contributed by atoms with E-state index in [9.17, 15) is 13.6 Å². The molecule has 0 unspecified atom stereocenters. The minimum absolute atomic E-state index is 0. The Balaban J connectivity index is 0.00000370. The number of anilines is 1. The largest absolute Gasteiger partial charge is 0.353 e. The highest BCUT2D eigenvalue weighted by molar-refractivity contribution is 6.33. The summed E-state index contributed by atoms with van der Waals surface area (Å²) >= 11 is 12.6. The molecule has 1 N–H and O–H groups in total. The molecular weight excluding hydrogens is 543 g/mol. The summed E-state index contributed by atoms with van der Waals surface area (Å²) in [6, 6.07) is 13.3. The van der Waals surface area contributed by atoms with Crippen molar-refractivity contribution in [2.45, 2.75) is 32.0 Å². The number of amides is 1. The van der Waals surface area contributed by atoms with Crippen LogP contribution in [-0.4, -0.2) is 66.0 Å². The van der Waals surface area contributed by atoms with Crippen molar-refractivity contribution < 1.29 is 15.0 Å². The number of piperidine rings is 1. The monoisotopic (exact) mass is 575 g/mol. The molecule has 208 valence electrons. The zero-order valence-electron chi connectivity index (χ0n) is 21.6. The Morgan fingerprint density at radius 3 is 2.46 bits per heavy atom. The maximum Gasteiger partial charge on any atom is 0.253 e. The number of hydrogen-bond donors (Lipinski definition) is 1. The molecule has 6 nitrogen and oxygen atoms in total. The topological polar surface area (TPSA) is 51.7 Å². The molecule has 3 aromatic rings. The lowest BCUT2D eigenvalue weighted by Crippen LogP contribution is -2.53. The van der Waals surface area contributed by atoms with E-state index in [2.05, 4.69) is 25.0 Å². The van der Waals surface area contributed by atoms with Crippen molar-refractivity contribution in [3.05, 3.63) is 93.1 Å². The number of pyridine rings is 1. The normalized spacial score (nSPS) is 17.4. The summed E-state index contributed by atoms with van der Waals surface area (Å²) in [6.07, 6.45) is 3.60. The molecule has 1 amide bonds. The third-order valence-electron chi connectivity index (χ3n) is 7.52. The quantitative estimate of drug-likeness (QED) is 0.395. The zero-order chi connectivity index (χ0) is 27.4. The molecule has 0 bridgehead atoms. The smallest absolute Gasteiger partial charge is 0.253 e. The first-order valence-corrected chi connectivity index (χ1v) is 13.9. The van der Waals surface area contributed by atoms with Crippen molar-refractivity contribution >= 4 is 34.9 Å². The van der Waals surface area contributed by atoms with Crippen molar-refractivity contribution in [1.82, 2.24) is 20.1 Å². The van der Waals surface area contributed by atoms with Crippen LogP contribution in [0.2, 0.25) is 10.0 Å². The van der Waals surface area contributed by atoms with Crippen molar-refractivity contribution in [1.29, 1.82) is 0 Å². The van der Waals surface area contributed by atoms with Crippen LogP contribution in [0.4, 0.5) is 14.6 Å². The van der Waals surface area contributed by atoms with Gasteiger partial charge >= 0.3 is 0 Å². The van der Waals surface area contributed by atoms with Crippen LogP contribution in [0.1, 0.15) is 35.8 Å². The minimum Gasteiger partial charge on any atom is -0.353 e. The third-order valence-corrected chi connectivity index (χ3v) is 8.04. The summed E-state index contributed by atoms with van der Waals surface area (Å²) in [5.74, 6) is -0.572. The second kappa shape index (κ2) is 12.6. The molecule has 2 saturated heterocycles. The fraction of sp³-hybridized carbons (Fsp3) is 0.379. The Labute approximate surface area is 239 Å². The van der Waals surface area contributed by atoms with Gasteiger partial charge in [0.25, 0.3) is 5.91 Å². The van der Waals surface area contributed by atoms with Crippen LogP contribution in [0, 0.1) is 11.6 Å². The number of hydrogen-bond acceptors (Lipinski definition) is 5. The Morgan fingerprint density at radius 2 is 1.77 bits per heavy atom. The van der Waals surface area contributed by atoms with Gasteiger partial charge in [0.1, 0.15) is 17.5 Å². The number of carbonyl (C=O) groups is 1. The van der Waals surface area contributed by atoms with Crippen molar-refractivity contribution in [2.75, 3.05) is 44.2 Å². The van der Waals surface area contributed by atoms with Gasteiger partial charge in [-0.25, -0.2) is 13.8 Å². The Morgan fingerprint density at radius 1 is 1.00 bits per heavy atom. The number of halogens is 4. The highest BCUT2D eigenvalue weighted by Crippen LogP contribution is 2.27.